The van der Waals surface area contributed by atoms with Gasteiger partial charge in [-0.2, -0.15) is 0 Å². The predicted octanol–water partition coefficient (Wildman–Crippen LogP) is 2.76. The quantitative estimate of drug-likeness (QED) is 0.678. The van der Waals surface area contributed by atoms with E-state index in [4.69, 9.17) is 14.2 Å². The zero-order valence-electron chi connectivity index (χ0n) is 12.4. The van der Waals surface area contributed by atoms with E-state index in [1.807, 2.05) is 0 Å². The maximum Gasteiger partial charge on any atom is 0.331 e. The molecule has 20 heavy (non-hydrogen) atoms. The molecule has 1 aromatic carbocycles. The molecule has 0 heterocycles. The summed E-state index contributed by atoms with van der Waals surface area (Å²) in [5.41, 5.74) is 0.119. The molecule has 5 heteroatoms. The van der Waals surface area contributed by atoms with Crippen LogP contribution in [0.15, 0.2) is 18.2 Å². The molecule has 1 N–H and O–H groups in total. The first-order valence-corrected chi connectivity index (χ1v) is 6.13. The van der Waals surface area contributed by atoms with E-state index in [1.54, 1.807) is 39.0 Å². The zero-order valence-corrected chi connectivity index (χ0v) is 12.4. The molecular formula is C15H20O5. The summed E-state index contributed by atoms with van der Waals surface area (Å²) in [6.45, 7) is 5.39. The number of benzene rings is 1. The van der Waals surface area contributed by atoms with Gasteiger partial charge in [-0.1, -0.05) is 0 Å². The molecule has 0 bridgehead atoms. The smallest absolute Gasteiger partial charge is 0.331 e. The summed E-state index contributed by atoms with van der Waals surface area (Å²) in [5, 5.41) is 9.78. The second-order valence-corrected chi connectivity index (χ2v) is 5.14. The molecule has 5 nitrogen and oxygen atoms in total. The van der Waals surface area contributed by atoms with Gasteiger partial charge < -0.3 is 19.3 Å². The largest absolute Gasteiger partial charge is 0.502 e. The van der Waals surface area contributed by atoms with Crippen LogP contribution in [0.1, 0.15) is 26.3 Å². The van der Waals surface area contributed by atoms with Crippen LogP contribution in [-0.2, 0) is 9.53 Å². The van der Waals surface area contributed by atoms with Crippen molar-refractivity contribution in [3.05, 3.63) is 23.8 Å². The predicted molar refractivity (Wildman–Crippen MR) is 76.1 cm³/mol. The number of hydrogen-bond acceptors (Lipinski definition) is 5. The highest BCUT2D eigenvalue weighted by Crippen LogP contribution is 2.37. The Morgan fingerprint density at radius 1 is 1.15 bits per heavy atom. The number of phenolic OH excluding ortho intramolecular Hbond substituents is 1. The number of carbonyl (C=O) groups excluding carboxylic acids is 1. The van der Waals surface area contributed by atoms with Gasteiger partial charge in [-0.15, -0.1) is 0 Å². The van der Waals surface area contributed by atoms with E-state index in [-0.39, 0.29) is 17.2 Å². The molecule has 110 valence electrons. The molecule has 0 radical (unpaired) electrons. The maximum atomic E-state index is 11.6. The summed E-state index contributed by atoms with van der Waals surface area (Å²) in [6, 6.07) is 3.19. The van der Waals surface area contributed by atoms with Crippen molar-refractivity contribution in [2.24, 2.45) is 0 Å². The fourth-order valence-corrected chi connectivity index (χ4v) is 1.51. The van der Waals surface area contributed by atoms with Crippen LogP contribution in [-0.4, -0.2) is 30.9 Å². The lowest BCUT2D eigenvalue weighted by molar-refractivity contribution is -0.148. The lowest BCUT2D eigenvalue weighted by atomic mass is 10.1. The zero-order chi connectivity index (χ0) is 15.3. The highest BCUT2D eigenvalue weighted by Gasteiger charge is 2.14. The standard InChI is InChI=1S/C15H20O5/c1-15(2,3)20-13(16)7-6-10-8-11(18-4)14(17)12(9-10)19-5/h6-9,17H,1-5H3/b7-6+. The maximum absolute atomic E-state index is 11.6. The fourth-order valence-electron chi connectivity index (χ4n) is 1.51. The van der Waals surface area contributed by atoms with Crippen LogP contribution in [0.5, 0.6) is 17.2 Å². The van der Waals surface area contributed by atoms with Gasteiger partial charge in [0.2, 0.25) is 5.75 Å². The molecule has 0 spiro atoms. The molecule has 1 rings (SSSR count). The van der Waals surface area contributed by atoms with Gasteiger partial charge in [0.05, 0.1) is 14.2 Å². The molecule has 0 aromatic heterocycles. The van der Waals surface area contributed by atoms with E-state index >= 15 is 0 Å². The van der Waals surface area contributed by atoms with E-state index in [0.717, 1.165) is 0 Å². The minimum Gasteiger partial charge on any atom is -0.502 e. The van der Waals surface area contributed by atoms with Gasteiger partial charge in [-0.25, -0.2) is 4.79 Å². The van der Waals surface area contributed by atoms with E-state index in [0.29, 0.717) is 5.56 Å². The number of aromatic hydroxyl groups is 1. The topological polar surface area (TPSA) is 65.0 Å². The number of hydrogen-bond donors (Lipinski definition) is 1. The Hall–Kier alpha value is -2.17. The number of phenols is 1. The molecule has 0 fully saturated rings. The molecule has 0 aliphatic heterocycles. The van der Waals surface area contributed by atoms with Gasteiger partial charge in [0.25, 0.3) is 0 Å². The van der Waals surface area contributed by atoms with Gasteiger partial charge in [-0.3, -0.25) is 0 Å². The Morgan fingerprint density at radius 3 is 2.05 bits per heavy atom. The monoisotopic (exact) mass is 280 g/mol. The van der Waals surface area contributed by atoms with Crippen LogP contribution in [0, 0.1) is 0 Å². The normalized spacial score (nSPS) is 11.4. The molecule has 0 amide bonds. The summed E-state index contributed by atoms with van der Waals surface area (Å²) in [4.78, 5) is 11.6. The Bertz CT molecular complexity index is 486. The lowest BCUT2D eigenvalue weighted by Crippen LogP contribution is -2.22. The molecule has 0 saturated heterocycles. The van der Waals surface area contributed by atoms with Crippen molar-refractivity contribution in [2.45, 2.75) is 26.4 Å². The highest BCUT2D eigenvalue weighted by atomic mass is 16.6. The Morgan fingerprint density at radius 2 is 1.65 bits per heavy atom. The van der Waals surface area contributed by atoms with Crippen molar-refractivity contribution in [2.75, 3.05) is 14.2 Å². The number of ether oxygens (including phenoxy) is 3. The number of rotatable bonds is 4. The minimum absolute atomic E-state index is 0.0792. The van der Waals surface area contributed by atoms with Crippen LogP contribution in [0.3, 0.4) is 0 Å². The highest BCUT2D eigenvalue weighted by molar-refractivity contribution is 5.87. The lowest BCUT2D eigenvalue weighted by Gasteiger charge is -2.17. The summed E-state index contributed by atoms with van der Waals surface area (Å²) in [5.74, 6) is 0.0225. The van der Waals surface area contributed by atoms with Gasteiger partial charge in [-0.05, 0) is 44.5 Å². The van der Waals surface area contributed by atoms with Crippen LogP contribution in [0.4, 0.5) is 0 Å². The molecule has 0 aliphatic rings. The molecule has 0 aliphatic carbocycles. The van der Waals surface area contributed by atoms with Crippen molar-refractivity contribution in [3.8, 4) is 17.2 Å². The second-order valence-electron chi connectivity index (χ2n) is 5.14. The van der Waals surface area contributed by atoms with E-state index in [2.05, 4.69) is 0 Å². The average molecular weight is 280 g/mol. The fraction of sp³-hybridized carbons (Fsp3) is 0.400. The average Bonchev–Trinajstić information content (AvgIpc) is 2.35. The van der Waals surface area contributed by atoms with Crippen LogP contribution < -0.4 is 9.47 Å². The molecule has 0 atom stereocenters. The van der Waals surface area contributed by atoms with Gasteiger partial charge >= 0.3 is 5.97 Å². The Labute approximate surface area is 118 Å². The molecule has 1 aromatic rings. The van der Waals surface area contributed by atoms with Crippen LogP contribution in [0.2, 0.25) is 0 Å². The number of esters is 1. The third-order valence-corrected chi connectivity index (χ3v) is 2.32. The van der Waals surface area contributed by atoms with Crippen molar-refractivity contribution in [3.63, 3.8) is 0 Å². The van der Waals surface area contributed by atoms with E-state index in [1.165, 1.54) is 20.3 Å². The third kappa shape index (κ3) is 4.50. The second kappa shape index (κ2) is 6.32. The third-order valence-electron chi connectivity index (χ3n) is 2.32. The van der Waals surface area contributed by atoms with Crippen LogP contribution >= 0.6 is 0 Å². The van der Waals surface area contributed by atoms with Crippen molar-refractivity contribution >= 4 is 12.0 Å². The van der Waals surface area contributed by atoms with E-state index < -0.39 is 11.6 Å². The van der Waals surface area contributed by atoms with Crippen LogP contribution in [0.25, 0.3) is 6.08 Å². The first-order chi connectivity index (χ1) is 9.26. The number of methoxy groups -OCH3 is 2. The first-order valence-electron chi connectivity index (χ1n) is 6.13. The molecular weight excluding hydrogens is 260 g/mol. The SMILES string of the molecule is COc1cc(/C=C/C(=O)OC(C)(C)C)cc(OC)c1O. The van der Waals surface area contributed by atoms with Crippen molar-refractivity contribution in [1.29, 1.82) is 0 Å². The van der Waals surface area contributed by atoms with Crippen molar-refractivity contribution in [1.82, 2.24) is 0 Å². The summed E-state index contributed by atoms with van der Waals surface area (Å²) in [6.07, 6.45) is 2.88. The minimum atomic E-state index is -0.536. The molecule has 0 unspecified atom stereocenters. The number of carbonyl (C=O) groups is 1. The summed E-state index contributed by atoms with van der Waals surface area (Å²) < 4.78 is 15.2. The Balaban J connectivity index is 2.95. The Kier molecular flexibility index (Phi) is 5.02. The summed E-state index contributed by atoms with van der Waals surface area (Å²) in [7, 11) is 2.88. The van der Waals surface area contributed by atoms with Gasteiger partial charge in [0.15, 0.2) is 11.5 Å². The van der Waals surface area contributed by atoms with E-state index in [9.17, 15) is 9.90 Å². The first kappa shape index (κ1) is 15.9. The molecule has 0 saturated carbocycles. The summed E-state index contributed by atoms with van der Waals surface area (Å²) >= 11 is 0. The van der Waals surface area contributed by atoms with Crippen molar-refractivity contribution < 1.29 is 24.1 Å². The van der Waals surface area contributed by atoms with Gasteiger partial charge in [0, 0.05) is 6.08 Å². The van der Waals surface area contributed by atoms with Gasteiger partial charge in [0.1, 0.15) is 5.60 Å².